The number of alkyl halides is 28. The third-order valence-electron chi connectivity index (χ3n) is 5.75. The molecule has 0 amide bonds. The monoisotopic (exact) mass is 700 g/mol. The Morgan fingerprint density at radius 3 is 0.571 bits per heavy atom. The zero-order chi connectivity index (χ0) is 35.0. The Balaban J connectivity index is 4.92. The summed E-state index contributed by atoms with van der Waals surface area (Å²) in [5.74, 6) is -108. The van der Waals surface area contributed by atoms with Crippen LogP contribution >= 0.6 is 0 Å². The van der Waals surface area contributed by atoms with Gasteiger partial charge in [0.1, 0.15) is 0 Å². The van der Waals surface area contributed by atoms with E-state index in [1.165, 1.54) is 0 Å². The lowest BCUT2D eigenvalue weighted by Gasteiger charge is -2.61. The SMILES string of the molecule is FC(F)(F)C(F)(F)C(F)(F)C(F)(F)C1(C(F)(F)C(F)(F)C(F)(F)C(F)(F)F)C(F)(F)C(F)(F)C(F)(F)C(F)(F)C1(F)F. The Labute approximate surface area is 207 Å². The summed E-state index contributed by atoms with van der Waals surface area (Å²) in [6.07, 6.45) is -17.4. The number of halogens is 28. The van der Waals surface area contributed by atoms with E-state index < -0.39 is 82.9 Å². The number of rotatable bonds is 6. The molecule has 0 radical (unpaired) electrons. The van der Waals surface area contributed by atoms with Crippen molar-refractivity contribution in [2.75, 3.05) is 0 Å². The molecule has 252 valence electrons. The Kier molecular flexibility index (Phi) is 7.61. The second-order valence-electron chi connectivity index (χ2n) is 8.06. The van der Waals surface area contributed by atoms with Crippen LogP contribution in [0.15, 0.2) is 0 Å². The van der Waals surface area contributed by atoms with Crippen LogP contribution in [-0.4, -0.2) is 77.5 Å². The summed E-state index contributed by atoms with van der Waals surface area (Å²) in [5.41, 5.74) is -10.9. The second-order valence-corrected chi connectivity index (χ2v) is 8.06. The van der Waals surface area contributed by atoms with Crippen molar-refractivity contribution >= 4 is 0 Å². The van der Waals surface area contributed by atoms with Gasteiger partial charge in [0.2, 0.25) is 5.41 Å². The smallest absolute Gasteiger partial charge is 0.198 e. The molecule has 1 fully saturated rings. The van der Waals surface area contributed by atoms with Crippen molar-refractivity contribution in [1.29, 1.82) is 0 Å². The van der Waals surface area contributed by atoms with Gasteiger partial charge >= 0.3 is 77.5 Å². The average Bonchev–Trinajstić information content (AvgIpc) is 2.69. The van der Waals surface area contributed by atoms with Gasteiger partial charge in [-0.15, -0.1) is 0 Å². The van der Waals surface area contributed by atoms with Crippen molar-refractivity contribution in [1.82, 2.24) is 0 Å². The van der Waals surface area contributed by atoms with Crippen LogP contribution in [0.4, 0.5) is 123 Å². The third kappa shape index (κ3) is 3.39. The highest BCUT2D eigenvalue weighted by Crippen LogP contribution is 2.82. The van der Waals surface area contributed by atoms with Crippen LogP contribution in [0.2, 0.25) is 0 Å². The zero-order valence-electron chi connectivity index (χ0n) is 17.6. The van der Waals surface area contributed by atoms with Crippen LogP contribution in [0.5, 0.6) is 0 Å². The van der Waals surface area contributed by atoms with Crippen LogP contribution in [-0.2, 0) is 0 Å². The predicted molar refractivity (Wildman–Crippen MR) is 69.0 cm³/mol. The maximum absolute atomic E-state index is 14.5. The molecule has 0 N–H and O–H groups in total. The number of hydrogen-bond acceptors (Lipinski definition) is 0. The lowest BCUT2D eigenvalue weighted by Crippen LogP contribution is -2.93. The van der Waals surface area contributed by atoms with Gasteiger partial charge < -0.3 is 0 Å². The molecule has 0 nitrogen and oxygen atoms in total. The minimum absolute atomic E-state index is 8.69. The van der Waals surface area contributed by atoms with Crippen molar-refractivity contribution < 1.29 is 123 Å². The summed E-state index contributed by atoms with van der Waals surface area (Å²) in [5, 5.41) is 0. The topological polar surface area (TPSA) is 0 Å². The van der Waals surface area contributed by atoms with E-state index in [2.05, 4.69) is 0 Å². The first-order valence-corrected chi connectivity index (χ1v) is 8.79. The second kappa shape index (κ2) is 8.39. The molecule has 1 aliphatic carbocycles. The summed E-state index contributed by atoms with van der Waals surface area (Å²) in [4.78, 5) is 0. The Morgan fingerprint density at radius 2 is 0.405 bits per heavy atom. The quantitative estimate of drug-likeness (QED) is 0.243. The van der Waals surface area contributed by atoms with Crippen LogP contribution in [0.3, 0.4) is 0 Å². The van der Waals surface area contributed by atoms with Gasteiger partial charge in [-0.25, -0.2) is 0 Å². The highest BCUT2D eigenvalue weighted by atomic mass is 19.4. The Hall–Kier alpha value is -1.96. The van der Waals surface area contributed by atoms with E-state index in [0.29, 0.717) is 0 Å². The molecular weight excluding hydrogens is 700 g/mol. The van der Waals surface area contributed by atoms with Crippen LogP contribution < -0.4 is 0 Å². The molecular formula is C14F28. The summed E-state index contributed by atoms with van der Waals surface area (Å²) in [6.45, 7) is 0. The van der Waals surface area contributed by atoms with Gasteiger partial charge in [0.25, 0.3) is 0 Å². The first-order chi connectivity index (χ1) is 17.5. The lowest BCUT2D eigenvalue weighted by molar-refractivity contribution is -0.571. The van der Waals surface area contributed by atoms with Crippen molar-refractivity contribution in [3.63, 3.8) is 0 Å². The molecule has 0 aliphatic heterocycles. The van der Waals surface area contributed by atoms with E-state index in [0.717, 1.165) is 0 Å². The van der Waals surface area contributed by atoms with Crippen LogP contribution in [0, 0.1) is 5.41 Å². The molecule has 1 saturated carbocycles. The van der Waals surface area contributed by atoms with Gasteiger partial charge in [-0.3, -0.25) is 0 Å². The molecule has 0 saturated heterocycles. The molecule has 0 unspecified atom stereocenters. The standard InChI is InChI=1S/C14F28/c15-2(16)1(3(17,18)7(25,26)10(31,32)6(2,23)24,4(19,20)8(27,28)11(33,34)13(37,38)39)5(21,22)9(29,30)12(35,36)14(40,41)42. The van der Waals surface area contributed by atoms with E-state index in [9.17, 15) is 123 Å². The number of hydrogen-bond donors (Lipinski definition) is 0. The largest absolute Gasteiger partial charge is 0.460 e. The van der Waals surface area contributed by atoms with E-state index in [-0.39, 0.29) is 0 Å². The summed E-state index contributed by atoms with van der Waals surface area (Å²) in [6, 6.07) is 0. The summed E-state index contributed by atoms with van der Waals surface area (Å²) in [7, 11) is 0. The van der Waals surface area contributed by atoms with Gasteiger partial charge in [-0.05, 0) is 0 Å². The molecule has 0 spiro atoms. The van der Waals surface area contributed by atoms with Gasteiger partial charge in [-0.1, -0.05) is 0 Å². The molecule has 0 atom stereocenters. The molecule has 0 aromatic carbocycles. The molecule has 0 aromatic heterocycles. The predicted octanol–water partition coefficient (Wildman–Crippen LogP) is 9.10. The Bertz CT molecular complexity index is 965. The van der Waals surface area contributed by atoms with Crippen molar-refractivity contribution in [2.24, 2.45) is 5.41 Å². The molecule has 28 heteroatoms. The van der Waals surface area contributed by atoms with Gasteiger partial charge in [0.15, 0.2) is 0 Å². The van der Waals surface area contributed by atoms with E-state index >= 15 is 0 Å². The molecule has 1 rings (SSSR count). The third-order valence-corrected chi connectivity index (χ3v) is 5.75. The average molecular weight is 700 g/mol. The van der Waals surface area contributed by atoms with Gasteiger partial charge in [-0.2, -0.15) is 123 Å². The first-order valence-electron chi connectivity index (χ1n) is 8.79. The van der Waals surface area contributed by atoms with Crippen LogP contribution in [0.25, 0.3) is 0 Å². The summed E-state index contributed by atoms with van der Waals surface area (Å²) < 4.78 is 378. The van der Waals surface area contributed by atoms with E-state index in [4.69, 9.17) is 0 Å². The lowest BCUT2D eigenvalue weighted by atomic mass is 9.53. The fraction of sp³-hybridized carbons (Fsp3) is 1.00. The van der Waals surface area contributed by atoms with Crippen molar-refractivity contribution in [3.05, 3.63) is 0 Å². The fourth-order valence-corrected chi connectivity index (χ4v) is 3.47. The van der Waals surface area contributed by atoms with Gasteiger partial charge in [0.05, 0.1) is 0 Å². The zero-order valence-corrected chi connectivity index (χ0v) is 17.6. The van der Waals surface area contributed by atoms with Crippen LogP contribution in [0.1, 0.15) is 0 Å². The maximum atomic E-state index is 14.5. The molecule has 42 heavy (non-hydrogen) atoms. The summed E-state index contributed by atoms with van der Waals surface area (Å²) >= 11 is 0. The Morgan fingerprint density at radius 1 is 0.238 bits per heavy atom. The van der Waals surface area contributed by atoms with Crippen molar-refractivity contribution in [2.45, 2.75) is 77.5 Å². The van der Waals surface area contributed by atoms with Gasteiger partial charge in [0, 0.05) is 0 Å². The fourth-order valence-electron chi connectivity index (χ4n) is 3.47. The normalized spacial score (nSPS) is 24.9. The molecule has 1 aliphatic rings. The minimum Gasteiger partial charge on any atom is -0.198 e. The van der Waals surface area contributed by atoms with E-state index in [1.54, 1.807) is 0 Å². The molecule has 0 aromatic rings. The molecule has 0 bridgehead atoms. The first kappa shape index (κ1) is 38.1. The minimum atomic E-state index is -10.9. The molecule has 0 heterocycles. The van der Waals surface area contributed by atoms with E-state index in [1.807, 2.05) is 0 Å². The highest BCUT2D eigenvalue weighted by Gasteiger charge is 3.13. The maximum Gasteiger partial charge on any atom is 0.460 e. The van der Waals surface area contributed by atoms with Crippen molar-refractivity contribution in [3.8, 4) is 0 Å². The highest BCUT2D eigenvalue weighted by molar-refractivity contribution is 5.35.